The van der Waals surface area contributed by atoms with Crippen molar-refractivity contribution in [2.75, 3.05) is 13.6 Å². The topological polar surface area (TPSA) is 46.3 Å². The second-order valence-electron chi connectivity index (χ2n) is 6.28. The van der Waals surface area contributed by atoms with Crippen LogP contribution in [0.1, 0.15) is 32.3 Å². The van der Waals surface area contributed by atoms with Crippen molar-refractivity contribution in [3.8, 4) is 0 Å². The molecule has 118 valence electrons. The van der Waals surface area contributed by atoms with Gasteiger partial charge in [-0.1, -0.05) is 55.8 Å². The molecule has 0 bridgehead atoms. The second-order valence-corrected chi connectivity index (χ2v) is 6.28. The highest BCUT2D eigenvalue weighted by atomic mass is 16.2. The highest BCUT2D eigenvalue weighted by Crippen LogP contribution is 2.19. The Kier molecular flexibility index (Phi) is 5.19. The van der Waals surface area contributed by atoms with E-state index in [2.05, 4.69) is 43.3 Å². The van der Waals surface area contributed by atoms with Crippen molar-refractivity contribution >= 4 is 16.7 Å². The molecule has 0 fully saturated rings. The minimum Gasteiger partial charge on any atom is -0.344 e. The summed E-state index contributed by atoms with van der Waals surface area (Å²) in [6.45, 7) is 4.56. The summed E-state index contributed by atoms with van der Waals surface area (Å²) < 4.78 is 0. The Hall–Kier alpha value is -1.87. The third kappa shape index (κ3) is 3.66. The molecule has 0 saturated heterocycles. The molecular formula is C19H26N2O. The van der Waals surface area contributed by atoms with Crippen molar-refractivity contribution in [2.45, 2.75) is 38.6 Å². The van der Waals surface area contributed by atoms with Gasteiger partial charge in [0.2, 0.25) is 5.91 Å². The molecule has 0 saturated carbocycles. The Labute approximate surface area is 133 Å². The van der Waals surface area contributed by atoms with Crippen molar-refractivity contribution in [1.82, 2.24) is 4.90 Å². The number of rotatable bonds is 6. The predicted octanol–water partition coefficient (Wildman–Crippen LogP) is 3.36. The summed E-state index contributed by atoms with van der Waals surface area (Å²) in [4.78, 5) is 14.2. The number of amides is 1. The van der Waals surface area contributed by atoms with Crippen molar-refractivity contribution in [2.24, 2.45) is 5.73 Å². The minimum atomic E-state index is -0.762. The Morgan fingerprint density at radius 2 is 1.86 bits per heavy atom. The van der Waals surface area contributed by atoms with Gasteiger partial charge in [-0.05, 0) is 36.1 Å². The van der Waals surface area contributed by atoms with Gasteiger partial charge >= 0.3 is 0 Å². The first-order chi connectivity index (χ1) is 10.5. The standard InChI is InChI=1S/C19H26N2O/c1-4-13-19(2,20)18(22)21(3)14-12-16-10-7-9-15-8-5-6-11-17(15)16/h5-11H,4,12-14,20H2,1-3H3. The van der Waals surface area contributed by atoms with E-state index in [0.29, 0.717) is 13.0 Å². The van der Waals surface area contributed by atoms with E-state index >= 15 is 0 Å². The van der Waals surface area contributed by atoms with Gasteiger partial charge in [-0.15, -0.1) is 0 Å². The third-order valence-electron chi connectivity index (χ3n) is 4.20. The fraction of sp³-hybridized carbons (Fsp3) is 0.421. The van der Waals surface area contributed by atoms with Crippen LogP contribution in [0, 0.1) is 0 Å². The van der Waals surface area contributed by atoms with Gasteiger partial charge in [0.1, 0.15) is 0 Å². The summed E-state index contributed by atoms with van der Waals surface area (Å²) in [5, 5.41) is 2.50. The second kappa shape index (κ2) is 6.93. The molecule has 0 spiro atoms. The summed E-state index contributed by atoms with van der Waals surface area (Å²) >= 11 is 0. The van der Waals surface area contributed by atoms with Crippen LogP contribution in [0.3, 0.4) is 0 Å². The summed E-state index contributed by atoms with van der Waals surface area (Å²) in [5.41, 5.74) is 6.65. The molecule has 2 aromatic rings. The highest BCUT2D eigenvalue weighted by Gasteiger charge is 2.29. The molecule has 0 aliphatic carbocycles. The molecule has 3 heteroatoms. The van der Waals surface area contributed by atoms with E-state index in [9.17, 15) is 4.79 Å². The Balaban J connectivity index is 2.07. The Morgan fingerprint density at radius 3 is 2.59 bits per heavy atom. The number of carbonyl (C=O) groups is 1. The lowest BCUT2D eigenvalue weighted by molar-refractivity contribution is -0.135. The van der Waals surface area contributed by atoms with Crippen molar-refractivity contribution in [3.63, 3.8) is 0 Å². The molecule has 1 amide bonds. The molecule has 3 nitrogen and oxygen atoms in total. The molecule has 2 aromatic carbocycles. The molecule has 2 N–H and O–H groups in total. The Morgan fingerprint density at radius 1 is 1.18 bits per heavy atom. The van der Waals surface area contributed by atoms with Crippen molar-refractivity contribution in [3.05, 3.63) is 48.0 Å². The van der Waals surface area contributed by atoms with Crippen LogP contribution in [0.15, 0.2) is 42.5 Å². The number of likely N-dealkylation sites (N-methyl/N-ethyl adjacent to an activating group) is 1. The largest absolute Gasteiger partial charge is 0.344 e. The number of nitrogens with two attached hydrogens (primary N) is 1. The number of fused-ring (bicyclic) bond motifs is 1. The van der Waals surface area contributed by atoms with E-state index in [1.807, 2.05) is 20.0 Å². The van der Waals surface area contributed by atoms with E-state index in [-0.39, 0.29) is 5.91 Å². The van der Waals surface area contributed by atoms with Crippen LogP contribution < -0.4 is 5.73 Å². The molecule has 1 unspecified atom stereocenters. The average Bonchev–Trinajstić information content (AvgIpc) is 2.51. The smallest absolute Gasteiger partial charge is 0.242 e. The van der Waals surface area contributed by atoms with Crippen LogP contribution in [-0.4, -0.2) is 29.9 Å². The summed E-state index contributed by atoms with van der Waals surface area (Å²) in [5.74, 6) is 0.0228. The van der Waals surface area contributed by atoms with E-state index < -0.39 is 5.54 Å². The van der Waals surface area contributed by atoms with Crippen molar-refractivity contribution < 1.29 is 4.79 Å². The lowest BCUT2D eigenvalue weighted by atomic mass is 9.95. The lowest BCUT2D eigenvalue weighted by Crippen LogP contribution is -2.52. The van der Waals surface area contributed by atoms with Gasteiger partial charge in [0.15, 0.2) is 0 Å². The zero-order valence-electron chi connectivity index (χ0n) is 13.8. The summed E-state index contributed by atoms with van der Waals surface area (Å²) in [6, 6.07) is 14.7. The van der Waals surface area contributed by atoms with Crippen LogP contribution in [0.25, 0.3) is 10.8 Å². The maximum absolute atomic E-state index is 12.4. The molecule has 2 rings (SSSR count). The number of hydrogen-bond acceptors (Lipinski definition) is 2. The maximum atomic E-state index is 12.4. The molecule has 0 aromatic heterocycles. The summed E-state index contributed by atoms with van der Waals surface area (Å²) in [7, 11) is 1.84. The number of nitrogens with zero attached hydrogens (tertiary/aromatic N) is 1. The zero-order valence-corrected chi connectivity index (χ0v) is 13.8. The van der Waals surface area contributed by atoms with E-state index in [4.69, 9.17) is 5.73 Å². The first-order valence-electron chi connectivity index (χ1n) is 7.97. The lowest BCUT2D eigenvalue weighted by Gasteiger charge is -2.29. The van der Waals surface area contributed by atoms with E-state index in [1.165, 1.54) is 16.3 Å². The van der Waals surface area contributed by atoms with Gasteiger partial charge in [-0.25, -0.2) is 0 Å². The monoisotopic (exact) mass is 298 g/mol. The molecule has 0 heterocycles. The Bertz CT molecular complexity index is 643. The van der Waals surface area contributed by atoms with Gasteiger partial charge < -0.3 is 10.6 Å². The maximum Gasteiger partial charge on any atom is 0.242 e. The van der Waals surface area contributed by atoms with Crippen LogP contribution >= 0.6 is 0 Å². The number of hydrogen-bond donors (Lipinski definition) is 1. The molecule has 0 radical (unpaired) electrons. The quantitative estimate of drug-likeness (QED) is 0.889. The zero-order chi connectivity index (χ0) is 16.2. The fourth-order valence-electron chi connectivity index (χ4n) is 2.96. The highest BCUT2D eigenvalue weighted by molar-refractivity contribution is 5.86. The first kappa shape index (κ1) is 16.5. The van der Waals surface area contributed by atoms with E-state index in [0.717, 1.165) is 12.8 Å². The molecule has 1 atom stereocenters. The molecule has 0 aliphatic rings. The minimum absolute atomic E-state index is 0.0228. The van der Waals surface area contributed by atoms with Crippen LogP contribution in [0.5, 0.6) is 0 Å². The van der Waals surface area contributed by atoms with Crippen molar-refractivity contribution in [1.29, 1.82) is 0 Å². The van der Waals surface area contributed by atoms with Crippen LogP contribution in [0.4, 0.5) is 0 Å². The van der Waals surface area contributed by atoms with Crippen LogP contribution in [0.2, 0.25) is 0 Å². The average molecular weight is 298 g/mol. The fourth-order valence-corrected chi connectivity index (χ4v) is 2.96. The van der Waals surface area contributed by atoms with Gasteiger partial charge in [-0.2, -0.15) is 0 Å². The molecular weight excluding hydrogens is 272 g/mol. The van der Waals surface area contributed by atoms with E-state index in [1.54, 1.807) is 4.90 Å². The SMILES string of the molecule is CCCC(C)(N)C(=O)N(C)CCc1cccc2ccccc12. The number of carbonyl (C=O) groups excluding carboxylic acids is 1. The number of benzene rings is 2. The third-order valence-corrected chi connectivity index (χ3v) is 4.20. The normalized spacial score (nSPS) is 13.8. The first-order valence-corrected chi connectivity index (χ1v) is 7.97. The van der Waals surface area contributed by atoms with Gasteiger partial charge in [-0.3, -0.25) is 4.79 Å². The van der Waals surface area contributed by atoms with Crippen LogP contribution in [-0.2, 0) is 11.2 Å². The van der Waals surface area contributed by atoms with Gasteiger partial charge in [0.25, 0.3) is 0 Å². The van der Waals surface area contributed by atoms with Gasteiger partial charge in [0.05, 0.1) is 5.54 Å². The predicted molar refractivity (Wildman–Crippen MR) is 92.8 cm³/mol. The molecule has 22 heavy (non-hydrogen) atoms. The summed E-state index contributed by atoms with van der Waals surface area (Å²) in [6.07, 6.45) is 2.46. The van der Waals surface area contributed by atoms with Gasteiger partial charge in [0, 0.05) is 13.6 Å². The molecule has 0 aliphatic heterocycles.